The number of methoxy groups -OCH3 is 1. The minimum absolute atomic E-state index is 0. The van der Waals surface area contributed by atoms with E-state index in [4.69, 9.17) is 5.73 Å². The number of amides is 1. The lowest BCUT2D eigenvalue weighted by Crippen LogP contribution is -2.41. The molecule has 0 spiro atoms. The number of carbonyl (C=O) groups excluding carboxylic acids is 2. The van der Waals surface area contributed by atoms with Gasteiger partial charge in [0.1, 0.15) is 6.04 Å². The molecule has 0 aliphatic rings. The standard InChI is InChI=1S/C13H26N2O3.ClH/c1-3-4-5-9-12(16)15-11(13(17)18-2)8-6-7-10-14;/h11H,3-10,14H2,1-2H3,(H,15,16);1H/t11-;/m0./s1. The van der Waals surface area contributed by atoms with Crippen molar-refractivity contribution in [2.45, 2.75) is 57.9 Å². The summed E-state index contributed by atoms with van der Waals surface area (Å²) in [5, 5.41) is 2.73. The van der Waals surface area contributed by atoms with Gasteiger partial charge in [-0.25, -0.2) is 4.79 Å². The number of nitrogens with two attached hydrogens (primary N) is 1. The summed E-state index contributed by atoms with van der Waals surface area (Å²) in [5.74, 6) is -0.456. The van der Waals surface area contributed by atoms with Crippen LogP contribution in [0.15, 0.2) is 0 Å². The molecule has 6 heteroatoms. The second kappa shape index (κ2) is 13.6. The second-order valence-electron chi connectivity index (χ2n) is 4.38. The molecule has 0 aliphatic heterocycles. The first-order valence-electron chi connectivity index (χ1n) is 6.73. The van der Waals surface area contributed by atoms with Crippen molar-refractivity contribution in [3.8, 4) is 0 Å². The fraction of sp³-hybridized carbons (Fsp3) is 0.846. The minimum atomic E-state index is -0.532. The molecule has 0 bridgehead atoms. The van der Waals surface area contributed by atoms with E-state index in [1.807, 2.05) is 0 Å². The number of ether oxygens (including phenoxy) is 1. The maximum Gasteiger partial charge on any atom is 0.328 e. The fourth-order valence-corrected chi connectivity index (χ4v) is 1.69. The SMILES string of the molecule is CCCCCC(=O)N[C@@H](CCCCN)C(=O)OC.Cl. The van der Waals surface area contributed by atoms with Crippen LogP contribution in [0.5, 0.6) is 0 Å². The van der Waals surface area contributed by atoms with Crippen molar-refractivity contribution in [2.24, 2.45) is 5.73 Å². The van der Waals surface area contributed by atoms with Crippen LogP contribution in [-0.2, 0) is 14.3 Å². The van der Waals surface area contributed by atoms with Crippen LogP contribution >= 0.6 is 12.4 Å². The molecule has 3 N–H and O–H groups in total. The number of unbranched alkanes of at least 4 members (excludes halogenated alkanes) is 3. The summed E-state index contributed by atoms with van der Waals surface area (Å²) in [6.45, 7) is 2.68. The Morgan fingerprint density at radius 2 is 1.89 bits per heavy atom. The molecular weight excluding hydrogens is 268 g/mol. The third-order valence-corrected chi connectivity index (χ3v) is 2.78. The van der Waals surface area contributed by atoms with Crippen molar-refractivity contribution in [3.05, 3.63) is 0 Å². The highest BCUT2D eigenvalue weighted by molar-refractivity contribution is 5.85. The highest BCUT2D eigenvalue weighted by atomic mass is 35.5. The summed E-state index contributed by atoms with van der Waals surface area (Å²) in [4.78, 5) is 23.1. The zero-order valence-corrected chi connectivity index (χ0v) is 12.8. The van der Waals surface area contributed by atoms with Crippen molar-refractivity contribution in [1.29, 1.82) is 0 Å². The Balaban J connectivity index is 0. The first-order valence-corrected chi connectivity index (χ1v) is 6.73. The van der Waals surface area contributed by atoms with Crippen LogP contribution in [0, 0.1) is 0 Å². The average molecular weight is 295 g/mol. The van der Waals surface area contributed by atoms with Crippen LogP contribution < -0.4 is 11.1 Å². The Kier molecular flexibility index (Phi) is 14.7. The molecule has 0 aliphatic carbocycles. The molecular formula is C13H27ClN2O3. The molecule has 0 aromatic heterocycles. The number of rotatable bonds is 10. The fourth-order valence-electron chi connectivity index (χ4n) is 1.69. The molecule has 1 amide bonds. The third-order valence-electron chi connectivity index (χ3n) is 2.78. The third kappa shape index (κ3) is 10.8. The van der Waals surface area contributed by atoms with Crippen molar-refractivity contribution in [1.82, 2.24) is 5.32 Å². The molecule has 0 saturated heterocycles. The van der Waals surface area contributed by atoms with Crippen molar-refractivity contribution in [3.63, 3.8) is 0 Å². The quantitative estimate of drug-likeness (QED) is 0.475. The number of carbonyl (C=O) groups is 2. The van der Waals surface area contributed by atoms with Crippen LogP contribution in [0.2, 0.25) is 0 Å². The number of esters is 1. The van der Waals surface area contributed by atoms with Gasteiger partial charge in [-0.15, -0.1) is 12.4 Å². The van der Waals surface area contributed by atoms with E-state index in [2.05, 4.69) is 17.0 Å². The van der Waals surface area contributed by atoms with Crippen molar-refractivity contribution in [2.75, 3.05) is 13.7 Å². The molecule has 0 radical (unpaired) electrons. The van der Waals surface area contributed by atoms with Crippen molar-refractivity contribution < 1.29 is 14.3 Å². The molecule has 0 fully saturated rings. The summed E-state index contributed by atoms with van der Waals surface area (Å²) >= 11 is 0. The molecule has 0 saturated carbocycles. The summed E-state index contributed by atoms with van der Waals surface area (Å²) in [5.41, 5.74) is 5.40. The average Bonchev–Trinajstić information content (AvgIpc) is 2.37. The normalized spacial score (nSPS) is 11.3. The van der Waals surface area contributed by atoms with E-state index < -0.39 is 6.04 Å². The van der Waals surface area contributed by atoms with E-state index >= 15 is 0 Å². The van der Waals surface area contributed by atoms with Crippen LogP contribution in [0.25, 0.3) is 0 Å². The first-order chi connectivity index (χ1) is 8.65. The Morgan fingerprint density at radius 3 is 2.42 bits per heavy atom. The molecule has 0 unspecified atom stereocenters. The van der Waals surface area contributed by atoms with Gasteiger partial charge in [0.2, 0.25) is 5.91 Å². The maximum atomic E-state index is 11.6. The molecule has 0 aromatic rings. The van der Waals surface area contributed by atoms with Gasteiger partial charge in [0.15, 0.2) is 0 Å². The van der Waals surface area contributed by atoms with Gasteiger partial charge in [0.05, 0.1) is 7.11 Å². The summed E-state index contributed by atoms with van der Waals surface area (Å²) in [6.07, 6.45) is 5.68. The Bertz CT molecular complexity index is 250. The number of hydrogen-bond donors (Lipinski definition) is 2. The summed E-state index contributed by atoms with van der Waals surface area (Å²) in [7, 11) is 1.33. The summed E-state index contributed by atoms with van der Waals surface area (Å²) < 4.78 is 4.68. The van der Waals surface area contributed by atoms with Crippen LogP contribution in [0.3, 0.4) is 0 Å². The van der Waals surface area contributed by atoms with Gasteiger partial charge in [-0.3, -0.25) is 4.79 Å². The number of nitrogens with one attached hydrogen (secondary N) is 1. The molecule has 5 nitrogen and oxygen atoms in total. The molecule has 1 atom stereocenters. The minimum Gasteiger partial charge on any atom is -0.467 e. The maximum absolute atomic E-state index is 11.6. The zero-order chi connectivity index (χ0) is 13.8. The predicted octanol–water partition coefficient (Wildman–Crippen LogP) is 1.78. The van der Waals surface area contributed by atoms with E-state index in [1.54, 1.807) is 0 Å². The molecule has 0 rings (SSSR count). The van der Waals surface area contributed by atoms with Crippen molar-refractivity contribution >= 4 is 24.3 Å². The molecule has 0 aromatic carbocycles. The number of halogens is 1. The van der Waals surface area contributed by atoms with Crippen LogP contribution in [-0.4, -0.2) is 31.6 Å². The Morgan fingerprint density at radius 1 is 1.21 bits per heavy atom. The van der Waals surface area contributed by atoms with E-state index in [0.29, 0.717) is 19.4 Å². The summed E-state index contributed by atoms with van der Waals surface area (Å²) in [6, 6.07) is -0.532. The molecule has 114 valence electrons. The van der Waals surface area contributed by atoms with Gasteiger partial charge in [-0.2, -0.15) is 0 Å². The van der Waals surface area contributed by atoms with Gasteiger partial charge in [-0.1, -0.05) is 19.8 Å². The molecule has 0 heterocycles. The van der Waals surface area contributed by atoms with E-state index in [0.717, 1.165) is 32.1 Å². The largest absolute Gasteiger partial charge is 0.467 e. The molecule has 19 heavy (non-hydrogen) atoms. The smallest absolute Gasteiger partial charge is 0.328 e. The van der Waals surface area contributed by atoms with Gasteiger partial charge < -0.3 is 15.8 Å². The first kappa shape index (κ1) is 20.5. The Labute approximate surface area is 122 Å². The van der Waals surface area contributed by atoms with Gasteiger partial charge in [0.25, 0.3) is 0 Å². The van der Waals surface area contributed by atoms with Crippen LogP contribution in [0.1, 0.15) is 51.9 Å². The van der Waals surface area contributed by atoms with E-state index in [9.17, 15) is 9.59 Å². The van der Waals surface area contributed by atoms with Gasteiger partial charge >= 0.3 is 5.97 Å². The second-order valence-corrected chi connectivity index (χ2v) is 4.38. The van der Waals surface area contributed by atoms with Gasteiger partial charge in [0, 0.05) is 6.42 Å². The topological polar surface area (TPSA) is 81.4 Å². The predicted molar refractivity (Wildman–Crippen MR) is 78.2 cm³/mol. The number of hydrogen-bond acceptors (Lipinski definition) is 4. The highest BCUT2D eigenvalue weighted by Gasteiger charge is 2.20. The lowest BCUT2D eigenvalue weighted by Gasteiger charge is -2.16. The van der Waals surface area contributed by atoms with Gasteiger partial charge in [-0.05, 0) is 32.2 Å². The Hall–Kier alpha value is -0.810. The highest BCUT2D eigenvalue weighted by Crippen LogP contribution is 2.04. The lowest BCUT2D eigenvalue weighted by molar-refractivity contribution is -0.145. The monoisotopic (exact) mass is 294 g/mol. The lowest BCUT2D eigenvalue weighted by atomic mass is 10.1. The van der Waals surface area contributed by atoms with Crippen LogP contribution in [0.4, 0.5) is 0 Å². The van der Waals surface area contributed by atoms with E-state index in [-0.39, 0.29) is 24.3 Å². The zero-order valence-electron chi connectivity index (χ0n) is 11.9. The van der Waals surface area contributed by atoms with E-state index in [1.165, 1.54) is 7.11 Å².